The van der Waals surface area contributed by atoms with Gasteiger partial charge in [0.15, 0.2) is 0 Å². The summed E-state index contributed by atoms with van der Waals surface area (Å²) in [6.07, 6.45) is 20.0. The molecule has 0 aromatic rings. The Morgan fingerprint density at radius 3 is 1.24 bits per heavy atom. The van der Waals surface area contributed by atoms with E-state index in [0.29, 0.717) is 0 Å². The molecule has 0 aromatic carbocycles. The first-order valence-electron chi connectivity index (χ1n) is 5.43. The molecule has 2 aliphatic carbocycles. The fourth-order valence-electron chi connectivity index (χ4n) is 0.680. The van der Waals surface area contributed by atoms with Crippen molar-refractivity contribution in [3.8, 4) is 0 Å². The zero-order valence-electron chi connectivity index (χ0n) is 10.6. The summed E-state index contributed by atoms with van der Waals surface area (Å²) in [7, 11) is 0. The van der Waals surface area contributed by atoms with Crippen LogP contribution in [0.2, 0.25) is 0 Å². The first kappa shape index (κ1) is 22.0. The van der Waals surface area contributed by atoms with E-state index in [1.807, 2.05) is 24.3 Å². The monoisotopic (exact) mass is 400 g/mol. The summed E-state index contributed by atoms with van der Waals surface area (Å²) in [5, 5.41) is 17.9. The van der Waals surface area contributed by atoms with Gasteiger partial charge in [-0.15, -0.1) is 26.1 Å². The van der Waals surface area contributed by atoms with Crippen LogP contribution >= 0.6 is 0 Å². The Balaban J connectivity index is -0.000000157. The van der Waals surface area contributed by atoms with Gasteiger partial charge < -0.3 is 10.2 Å². The van der Waals surface area contributed by atoms with Crippen molar-refractivity contribution in [2.24, 2.45) is 0 Å². The van der Waals surface area contributed by atoms with Gasteiger partial charge in [-0.05, 0) is 0 Å². The molecular formula is C14H20HfO2. The molecule has 0 unspecified atom stereocenters. The second kappa shape index (κ2) is 24.8. The minimum absolute atomic E-state index is 0. The van der Waals surface area contributed by atoms with E-state index in [1.54, 1.807) is 13.8 Å². The van der Waals surface area contributed by atoms with Crippen molar-refractivity contribution in [1.29, 1.82) is 0 Å². The van der Waals surface area contributed by atoms with E-state index in [4.69, 9.17) is 10.2 Å². The molecule has 2 aliphatic rings. The Morgan fingerprint density at radius 2 is 1.18 bits per heavy atom. The summed E-state index contributed by atoms with van der Waals surface area (Å²) in [6.45, 7) is 3.14. The fraction of sp³-hybridized carbons (Fsp3) is 0.429. The van der Waals surface area contributed by atoms with E-state index in [-0.39, 0.29) is 39.1 Å². The maximum atomic E-state index is 8.93. The summed E-state index contributed by atoms with van der Waals surface area (Å²) in [6, 6.07) is 0. The van der Waals surface area contributed by atoms with Crippen LogP contribution in [0.25, 0.3) is 0 Å². The van der Waals surface area contributed by atoms with Crippen molar-refractivity contribution < 1.29 is 36.1 Å². The predicted molar refractivity (Wildman–Crippen MR) is 64.2 cm³/mol. The van der Waals surface area contributed by atoms with Gasteiger partial charge in [0.1, 0.15) is 0 Å². The van der Waals surface area contributed by atoms with E-state index >= 15 is 0 Å². The molecule has 0 aliphatic heterocycles. The van der Waals surface area contributed by atoms with Gasteiger partial charge in [0.25, 0.3) is 0 Å². The van der Waals surface area contributed by atoms with Gasteiger partial charge in [0.05, 0.1) is 0 Å². The molecular weight excluding hydrogens is 379 g/mol. The standard InChI is InChI=1S/2C5H5.2C2H5O.Hf/c2*1-2-4-5-3-1;2*1-2-3;/h2*1-3H,4H2;2*2H2,1H3;/q4*-1;+4. The smallest absolute Gasteiger partial charge is 0.855 e. The van der Waals surface area contributed by atoms with Gasteiger partial charge >= 0.3 is 25.8 Å². The van der Waals surface area contributed by atoms with Gasteiger partial charge in [-0.1, -0.05) is 13.8 Å². The van der Waals surface area contributed by atoms with E-state index in [2.05, 4.69) is 24.3 Å². The van der Waals surface area contributed by atoms with Gasteiger partial charge in [0, 0.05) is 0 Å². The summed E-state index contributed by atoms with van der Waals surface area (Å²) < 4.78 is 0. The van der Waals surface area contributed by atoms with Crippen molar-refractivity contribution >= 4 is 0 Å². The third kappa shape index (κ3) is 31.3. The second-order valence-corrected chi connectivity index (χ2v) is 2.58. The molecule has 0 spiro atoms. The molecule has 2 nitrogen and oxygen atoms in total. The molecule has 0 heterocycles. The van der Waals surface area contributed by atoms with Gasteiger partial charge in [-0.3, -0.25) is 12.2 Å². The molecule has 0 aromatic heterocycles. The molecule has 2 rings (SSSR count). The van der Waals surface area contributed by atoms with E-state index < -0.39 is 0 Å². The summed E-state index contributed by atoms with van der Waals surface area (Å²) >= 11 is 0. The van der Waals surface area contributed by atoms with Crippen molar-refractivity contribution in [2.45, 2.75) is 26.7 Å². The van der Waals surface area contributed by atoms with Crippen LogP contribution < -0.4 is 10.2 Å². The predicted octanol–water partition coefficient (Wildman–Crippen LogP) is 1.34. The molecule has 0 radical (unpaired) electrons. The molecule has 0 atom stereocenters. The molecule has 0 N–H and O–H groups in total. The van der Waals surface area contributed by atoms with Crippen molar-refractivity contribution in [3.05, 3.63) is 48.6 Å². The van der Waals surface area contributed by atoms with E-state index in [1.165, 1.54) is 0 Å². The summed E-state index contributed by atoms with van der Waals surface area (Å²) in [5.74, 6) is 0. The Kier molecular flexibility index (Phi) is 32.1. The zero-order valence-corrected chi connectivity index (χ0v) is 14.2. The van der Waals surface area contributed by atoms with Crippen LogP contribution in [-0.4, -0.2) is 13.2 Å². The third-order valence-corrected chi connectivity index (χ3v) is 1.17. The van der Waals surface area contributed by atoms with Crippen molar-refractivity contribution in [1.82, 2.24) is 0 Å². The minimum Gasteiger partial charge on any atom is -0.855 e. The minimum atomic E-state index is 0. The van der Waals surface area contributed by atoms with Crippen LogP contribution in [0.1, 0.15) is 26.7 Å². The average molecular weight is 399 g/mol. The van der Waals surface area contributed by atoms with Gasteiger partial charge in [-0.2, -0.15) is 12.2 Å². The first-order chi connectivity index (χ1) is 7.83. The normalized spacial score (nSPS) is 12.5. The van der Waals surface area contributed by atoms with Crippen LogP contribution in [0.3, 0.4) is 0 Å². The number of allylic oxidation sites excluding steroid dienone is 8. The Bertz CT molecular complexity index is 174. The van der Waals surface area contributed by atoms with Crippen LogP contribution in [0.4, 0.5) is 0 Å². The van der Waals surface area contributed by atoms with Gasteiger partial charge in [0.2, 0.25) is 0 Å². The van der Waals surface area contributed by atoms with Crippen LogP contribution in [0.5, 0.6) is 0 Å². The number of hydrogen-bond acceptors (Lipinski definition) is 2. The zero-order chi connectivity index (χ0) is 12.5. The first-order valence-corrected chi connectivity index (χ1v) is 5.43. The van der Waals surface area contributed by atoms with Crippen LogP contribution in [-0.2, 0) is 25.8 Å². The largest absolute Gasteiger partial charge is 4.00 e. The SMILES string of the molecule is CC[O-].CC[O-].[C-]1=CC=CC1.[C-]1=CC=CC1.[Hf+4]. The van der Waals surface area contributed by atoms with Crippen molar-refractivity contribution in [2.75, 3.05) is 13.2 Å². The number of hydrogen-bond donors (Lipinski definition) is 0. The quantitative estimate of drug-likeness (QED) is 0.457. The molecule has 92 valence electrons. The maximum Gasteiger partial charge on any atom is 4.00 e. The summed E-state index contributed by atoms with van der Waals surface area (Å²) in [5.41, 5.74) is 0. The Labute approximate surface area is 124 Å². The Morgan fingerprint density at radius 1 is 0.882 bits per heavy atom. The Hall–Kier alpha value is -0.250. The molecule has 17 heavy (non-hydrogen) atoms. The molecule has 0 amide bonds. The second-order valence-electron chi connectivity index (χ2n) is 2.58. The maximum absolute atomic E-state index is 8.93. The van der Waals surface area contributed by atoms with Crippen LogP contribution in [0, 0.1) is 12.2 Å². The van der Waals surface area contributed by atoms with Gasteiger partial charge in [-0.25, -0.2) is 24.3 Å². The third-order valence-electron chi connectivity index (χ3n) is 1.17. The van der Waals surface area contributed by atoms with E-state index in [9.17, 15) is 0 Å². The number of rotatable bonds is 0. The molecule has 0 saturated heterocycles. The fourth-order valence-corrected chi connectivity index (χ4v) is 0.680. The molecule has 0 fully saturated rings. The molecule has 0 bridgehead atoms. The average Bonchev–Trinajstić information content (AvgIpc) is 3.00. The van der Waals surface area contributed by atoms with Crippen LogP contribution in [0.15, 0.2) is 36.5 Å². The summed E-state index contributed by atoms with van der Waals surface area (Å²) in [4.78, 5) is 0. The van der Waals surface area contributed by atoms with E-state index in [0.717, 1.165) is 12.8 Å². The van der Waals surface area contributed by atoms with Crippen molar-refractivity contribution in [3.63, 3.8) is 0 Å². The topological polar surface area (TPSA) is 46.1 Å². The molecule has 0 saturated carbocycles. The molecule has 3 heteroatoms.